The Morgan fingerprint density at radius 3 is 2.25 bits per heavy atom. The number of rotatable bonds is 2. The Labute approximate surface area is 73.8 Å². The minimum absolute atomic E-state index is 0.110. The van der Waals surface area contributed by atoms with Crippen molar-refractivity contribution in [2.75, 3.05) is 14.1 Å². The highest BCUT2D eigenvalue weighted by atomic mass is 16.2. The van der Waals surface area contributed by atoms with Crippen LogP contribution in [0.1, 0.15) is 13.8 Å². The highest BCUT2D eigenvalue weighted by molar-refractivity contribution is 5.76. The lowest BCUT2D eigenvalue weighted by Gasteiger charge is -2.11. The summed E-state index contributed by atoms with van der Waals surface area (Å²) in [6, 6.07) is -0.110. The Kier molecular flexibility index (Phi) is 4.84. The molecule has 0 unspecified atom stereocenters. The van der Waals surface area contributed by atoms with Crippen LogP contribution in [0, 0.1) is 0 Å². The molecule has 0 aliphatic rings. The fourth-order valence-corrected chi connectivity index (χ4v) is 0.625. The van der Waals surface area contributed by atoms with Gasteiger partial charge in [-0.1, -0.05) is 12.2 Å². The normalized spacial score (nSPS) is 11.8. The molecule has 0 aromatic carbocycles. The summed E-state index contributed by atoms with van der Waals surface area (Å²) in [7, 11) is 3.41. The number of hydrogen-bond acceptors (Lipinski definition) is 1. The molecule has 2 amide bonds. The molecular weight excluding hydrogens is 152 g/mol. The van der Waals surface area contributed by atoms with Crippen LogP contribution in [0.4, 0.5) is 4.79 Å². The van der Waals surface area contributed by atoms with Crippen LogP contribution in [0.2, 0.25) is 0 Å². The lowest BCUT2D eigenvalue weighted by atomic mass is 10.3. The molecule has 1 N–H and O–H groups in total. The maximum Gasteiger partial charge on any atom is 0.321 e. The average Bonchev–Trinajstić information content (AvgIpc) is 2.03. The molecule has 3 heteroatoms. The van der Waals surface area contributed by atoms with Crippen molar-refractivity contribution in [1.82, 2.24) is 10.2 Å². The number of nitrogens with zero attached hydrogens (tertiary/aromatic N) is 1. The van der Waals surface area contributed by atoms with Gasteiger partial charge in [0.25, 0.3) is 0 Å². The maximum atomic E-state index is 11.1. The minimum atomic E-state index is -0.110. The van der Waals surface area contributed by atoms with Gasteiger partial charge in [-0.05, 0) is 19.9 Å². The molecule has 0 heterocycles. The molecule has 0 aromatic rings. The second-order valence-corrected chi connectivity index (χ2v) is 2.57. The van der Waals surface area contributed by atoms with Crippen LogP contribution < -0.4 is 5.32 Å². The quantitative estimate of drug-likeness (QED) is 0.626. The first-order valence-electron chi connectivity index (χ1n) is 3.89. The smallest absolute Gasteiger partial charge is 0.321 e. The molecular formula is C9H16N2O. The van der Waals surface area contributed by atoms with Gasteiger partial charge in [0.2, 0.25) is 0 Å². The van der Waals surface area contributed by atoms with E-state index in [1.165, 1.54) is 4.90 Å². The van der Waals surface area contributed by atoms with Crippen LogP contribution in [0.15, 0.2) is 23.9 Å². The van der Waals surface area contributed by atoms with E-state index in [1.54, 1.807) is 14.1 Å². The van der Waals surface area contributed by atoms with E-state index in [-0.39, 0.29) is 6.03 Å². The topological polar surface area (TPSA) is 32.3 Å². The molecule has 0 aliphatic carbocycles. The molecule has 0 rings (SSSR count). The van der Waals surface area contributed by atoms with Crippen molar-refractivity contribution in [2.24, 2.45) is 0 Å². The zero-order valence-electron chi connectivity index (χ0n) is 8.09. The van der Waals surface area contributed by atoms with E-state index in [1.807, 2.05) is 32.1 Å². The third-order valence-corrected chi connectivity index (χ3v) is 1.31. The Morgan fingerprint density at radius 2 is 1.92 bits per heavy atom. The standard InChI is InChI=1S/C9H16N2O/c1-5-7-8(6-2)10-9(12)11(3)4/h5-7H,1-4H3,(H,10,12)/b7-5-,8-6+. The van der Waals surface area contributed by atoms with Crippen molar-refractivity contribution >= 4 is 6.03 Å². The van der Waals surface area contributed by atoms with Gasteiger partial charge in [0.1, 0.15) is 0 Å². The van der Waals surface area contributed by atoms with Crippen molar-refractivity contribution in [3.63, 3.8) is 0 Å². The summed E-state index contributed by atoms with van der Waals surface area (Å²) in [5.74, 6) is 0. The summed E-state index contributed by atoms with van der Waals surface area (Å²) >= 11 is 0. The third kappa shape index (κ3) is 3.81. The Morgan fingerprint density at radius 1 is 1.33 bits per heavy atom. The van der Waals surface area contributed by atoms with E-state index in [2.05, 4.69) is 5.32 Å². The van der Waals surface area contributed by atoms with Gasteiger partial charge in [0.05, 0.1) is 0 Å². The summed E-state index contributed by atoms with van der Waals surface area (Å²) < 4.78 is 0. The average molecular weight is 168 g/mol. The lowest BCUT2D eigenvalue weighted by molar-refractivity contribution is 0.220. The fraction of sp³-hybridized carbons (Fsp3) is 0.444. The Hall–Kier alpha value is -1.25. The molecule has 0 spiro atoms. The van der Waals surface area contributed by atoms with Gasteiger partial charge in [-0.2, -0.15) is 0 Å². The van der Waals surface area contributed by atoms with E-state index >= 15 is 0 Å². The van der Waals surface area contributed by atoms with E-state index in [0.29, 0.717) is 0 Å². The van der Waals surface area contributed by atoms with Gasteiger partial charge in [-0.25, -0.2) is 4.79 Å². The van der Waals surface area contributed by atoms with Crippen LogP contribution in [0.25, 0.3) is 0 Å². The zero-order chi connectivity index (χ0) is 9.56. The number of carbonyl (C=O) groups is 1. The largest absolute Gasteiger partial charge is 0.331 e. The summed E-state index contributed by atoms with van der Waals surface area (Å²) in [6.07, 6.45) is 5.58. The molecule has 3 nitrogen and oxygen atoms in total. The van der Waals surface area contributed by atoms with Gasteiger partial charge in [0.15, 0.2) is 0 Å². The van der Waals surface area contributed by atoms with Crippen LogP contribution in [-0.2, 0) is 0 Å². The first-order chi connectivity index (χ1) is 5.61. The summed E-state index contributed by atoms with van der Waals surface area (Å²) in [5.41, 5.74) is 0.816. The Balaban J connectivity index is 4.14. The molecule has 0 fully saturated rings. The SMILES string of the molecule is C/C=C\C(=C/C)NC(=O)N(C)C. The van der Waals surface area contributed by atoms with Crippen LogP contribution in [0.3, 0.4) is 0 Å². The monoisotopic (exact) mass is 168 g/mol. The molecule has 0 saturated heterocycles. The van der Waals surface area contributed by atoms with Gasteiger partial charge in [-0.15, -0.1) is 0 Å². The first-order valence-corrected chi connectivity index (χ1v) is 3.89. The molecule has 68 valence electrons. The second kappa shape index (κ2) is 5.41. The van der Waals surface area contributed by atoms with Crippen LogP contribution in [-0.4, -0.2) is 25.0 Å². The molecule has 0 aliphatic heterocycles. The van der Waals surface area contributed by atoms with E-state index < -0.39 is 0 Å². The fourth-order valence-electron chi connectivity index (χ4n) is 0.625. The van der Waals surface area contributed by atoms with Crippen LogP contribution in [0.5, 0.6) is 0 Å². The zero-order valence-corrected chi connectivity index (χ0v) is 8.09. The van der Waals surface area contributed by atoms with Crippen LogP contribution >= 0.6 is 0 Å². The molecule has 12 heavy (non-hydrogen) atoms. The number of hydrogen-bond donors (Lipinski definition) is 1. The van der Waals surface area contributed by atoms with Gasteiger partial charge in [0, 0.05) is 19.8 Å². The molecule has 0 atom stereocenters. The molecule has 0 radical (unpaired) electrons. The molecule has 0 saturated carbocycles. The van der Waals surface area contributed by atoms with E-state index in [4.69, 9.17) is 0 Å². The molecule has 0 bridgehead atoms. The van der Waals surface area contributed by atoms with E-state index in [0.717, 1.165) is 5.70 Å². The number of nitrogens with one attached hydrogen (secondary N) is 1. The maximum absolute atomic E-state index is 11.1. The highest BCUT2D eigenvalue weighted by Gasteiger charge is 2.01. The number of urea groups is 1. The van der Waals surface area contributed by atoms with Crippen molar-refractivity contribution in [1.29, 1.82) is 0 Å². The third-order valence-electron chi connectivity index (χ3n) is 1.31. The Bertz CT molecular complexity index is 205. The first kappa shape index (κ1) is 10.8. The van der Waals surface area contributed by atoms with E-state index in [9.17, 15) is 4.79 Å². The predicted octanol–water partition coefficient (Wildman–Crippen LogP) is 1.74. The molecule has 0 aromatic heterocycles. The predicted molar refractivity (Wildman–Crippen MR) is 50.8 cm³/mol. The number of allylic oxidation sites excluding steroid dienone is 3. The number of carbonyl (C=O) groups excluding carboxylic acids is 1. The highest BCUT2D eigenvalue weighted by Crippen LogP contribution is 1.92. The van der Waals surface area contributed by atoms with Crippen molar-refractivity contribution in [3.05, 3.63) is 23.9 Å². The number of amides is 2. The van der Waals surface area contributed by atoms with Crippen molar-refractivity contribution in [3.8, 4) is 0 Å². The summed E-state index contributed by atoms with van der Waals surface area (Å²) in [4.78, 5) is 12.6. The second-order valence-electron chi connectivity index (χ2n) is 2.57. The minimum Gasteiger partial charge on any atom is -0.331 e. The van der Waals surface area contributed by atoms with Crippen molar-refractivity contribution < 1.29 is 4.79 Å². The van der Waals surface area contributed by atoms with Gasteiger partial charge in [-0.3, -0.25) is 0 Å². The summed E-state index contributed by atoms with van der Waals surface area (Å²) in [6.45, 7) is 3.79. The van der Waals surface area contributed by atoms with Crippen molar-refractivity contribution in [2.45, 2.75) is 13.8 Å². The summed E-state index contributed by atoms with van der Waals surface area (Å²) in [5, 5.41) is 2.73. The van der Waals surface area contributed by atoms with Gasteiger partial charge < -0.3 is 10.2 Å². The lowest BCUT2D eigenvalue weighted by Crippen LogP contribution is -2.33. The van der Waals surface area contributed by atoms with Gasteiger partial charge >= 0.3 is 6.03 Å².